The molecule has 1 aliphatic rings. The van der Waals surface area contributed by atoms with Crippen LogP contribution in [0.25, 0.3) is 0 Å². The van der Waals surface area contributed by atoms with E-state index in [1.54, 1.807) is 6.20 Å². The molecule has 0 aliphatic carbocycles. The number of urea groups is 1. The summed E-state index contributed by atoms with van der Waals surface area (Å²) in [6.45, 7) is 5.35. The van der Waals surface area contributed by atoms with Crippen LogP contribution < -0.4 is 5.32 Å². The van der Waals surface area contributed by atoms with E-state index < -0.39 is 0 Å². The summed E-state index contributed by atoms with van der Waals surface area (Å²) < 4.78 is 1.98. The van der Waals surface area contributed by atoms with Gasteiger partial charge in [-0.3, -0.25) is 9.67 Å². The van der Waals surface area contributed by atoms with Gasteiger partial charge in [0.05, 0.1) is 0 Å². The molecule has 1 aliphatic heterocycles. The summed E-state index contributed by atoms with van der Waals surface area (Å²) in [4.78, 5) is 18.6. The Morgan fingerprint density at radius 3 is 2.84 bits per heavy atom. The van der Waals surface area contributed by atoms with Gasteiger partial charge in [0.2, 0.25) is 0 Å². The van der Waals surface area contributed by atoms with E-state index >= 15 is 0 Å². The largest absolute Gasteiger partial charge is 0.338 e. The topological polar surface area (TPSA) is 63.1 Å². The highest BCUT2D eigenvalue weighted by Gasteiger charge is 2.22. The highest BCUT2D eigenvalue weighted by Crippen LogP contribution is 2.21. The second-order valence-corrected chi connectivity index (χ2v) is 6.74. The summed E-state index contributed by atoms with van der Waals surface area (Å²) in [5, 5.41) is 7.28. The minimum Gasteiger partial charge on any atom is -0.338 e. The van der Waals surface area contributed by atoms with Crippen LogP contribution in [-0.2, 0) is 13.0 Å². The number of hydrogen-bond donors (Lipinski definition) is 1. The monoisotopic (exact) mass is 341 g/mol. The minimum atomic E-state index is 0.0547. The Hall–Kier alpha value is -2.37. The zero-order valence-corrected chi connectivity index (χ0v) is 14.9. The molecule has 0 bridgehead atoms. The summed E-state index contributed by atoms with van der Waals surface area (Å²) in [5.41, 5.74) is 2.23. The van der Waals surface area contributed by atoms with Crippen molar-refractivity contribution in [3.05, 3.63) is 48.0 Å². The second kappa shape index (κ2) is 8.65. The number of nitrogens with zero attached hydrogens (tertiary/aromatic N) is 4. The van der Waals surface area contributed by atoms with Crippen LogP contribution in [-0.4, -0.2) is 45.3 Å². The normalized spacial score (nSPS) is 15.3. The van der Waals surface area contributed by atoms with Crippen molar-refractivity contribution in [1.82, 2.24) is 25.0 Å². The summed E-state index contributed by atoms with van der Waals surface area (Å²) in [6, 6.07) is 6.00. The van der Waals surface area contributed by atoms with E-state index in [2.05, 4.69) is 28.4 Å². The van der Waals surface area contributed by atoms with Gasteiger partial charge in [0.15, 0.2) is 0 Å². The maximum atomic E-state index is 12.3. The molecule has 1 fully saturated rings. The predicted molar refractivity (Wildman–Crippen MR) is 97.2 cm³/mol. The Labute approximate surface area is 149 Å². The van der Waals surface area contributed by atoms with Crippen molar-refractivity contribution in [3.8, 4) is 0 Å². The number of rotatable bonds is 6. The lowest BCUT2D eigenvalue weighted by Gasteiger charge is -2.32. The van der Waals surface area contributed by atoms with E-state index in [1.165, 1.54) is 5.56 Å². The molecule has 1 saturated heterocycles. The van der Waals surface area contributed by atoms with Gasteiger partial charge in [-0.1, -0.05) is 6.07 Å². The number of carbonyl (C=O) groups is 1. The van der Waals surface area contributed by atoms with Crippen LogP contribution in [0.2, 0.25) is 0 Å². The fraction of sp³-hybridized carbons (Fsp3) is 0.526. The molecule has 3 rings (SSSR count). The molecule has 0 spiro atoms. The first-order valence-corrected chi connectivity index (χ1v) is 9.13. The van der Waals surface area contributed by atoms with Crippen LogP contribution in [0.3, 0.4) is 0 Å². The second-order valence-electron chi connectivity index (χ2n) is 6.74. The Morgan fingerprint density at radius 1 is 1.28 bits per heavy atom. The average Bonchev–Trinajstić information content (AvgIpc) is 3.15. The summed E-state index contributed by atoms with van der Waals surface area (Å²) >= 11 is 0. The molecule has 6 heteroatoms. The lowest BCUT2D eigenvalue weighted by molar-refractivity contribution is 0.166. The van der Waals surface area contributed by atoms with Crippen molar-refractivity contribution >= 4 is 6.03 Å². The number of amides is 2. The number of aromatic nitrogens is 3. The van der Waals surface area contributed by atoms with Gasteiger partial charge in [0.1, 0.15) is 0 Å². The molecule has 2 amide bonds. The van der Waals surface area contributed by atoms with Crippen LogP contribution in [0.4, 0.5) is 4.79 Å². The number of nitrogens with one attached hydrogen (secondary N) is 1. The lowest BCUT2D eigenvalue weighted by atomic mass is 9.94. The van der Waals surface area contributed by atoms with E-state index in [-0.39, 0.29) is 6.03 Å². The zero-order chi connectivity index (χ0) is 17.5. The van der Waals surface area contributed by atoms with E-state index in [0.29, 0.717) is 12.5 Å². The average molecular weight is 341 g/mol. The van der Waals surface area contributed by atoms with Gasteiger partial charge in [-0.2, -0.15) is 5.10 Å². The van der Waals surface area contributed by atoms with Gasteiger partial charge in [-0.25, -0.2) is 4.79 Å². The zero-order valence-electron chi connectivity index (χ0n) is 14.9. The highest BCUT2D eigenvalue weighted by molar-refractivity contribution is 5.74. The first kappa shape index (κ1) is 17.5. The van der Waals surface area contributed by atoms with Crippen molar-refractivity contribution in [1.29, 1.82) is 0 Å². The molecule has 0 aromatic carbocycles. The Bertz CT molecular complexity index is 662. The lowest BCUT2D eigenvalue weighted by Crippen LogP contribution is -2.45. The fourth-order valence-electron chi connectivity index (χ4n) is 3.35. The van der Waals surface area contributed by atoms with E-state index in [1.807, 2.05) is 34.1 Å². The first-order chi connectivity index (χ1) is 12.2. The molecule has 3 heterocycles. The maximum Gasteiger partial charge on any atom is 0.317 e. The minimum absolute atomic E-state index is 0.0547. The van der Waals surface area contributed by atoms with Crippen LogP contribution in [0, 0.1) is 12.8 Å². The number of piperidine rings is 1. The fourth-order valence-corrected chi connectivity index (χ4v) is 3.35. The smallest absolute Gasteiger partial charge is 0.317 e. The Kier molecular flexibility index (Phi) is 6.04. The SMILES string of the molecule is Cc1cccnc1CCNC(=O)N1CCC(CCn2cccn2)CC1. The number of hydrogen-bond acceptors (Lipinski definition) is 3. The van der Waals surface area contributed by atoms with E-state index in [9.17, 15) is 4.79 Å². The van der Waals surface area contributed by atoms with Gasteiger partial charge < -0.3 is 10.2 Å². The third kappa shape index (κ3) is 5.05. The number of aryl methyl sites for hydroxylation is 2. The molecule has 1 N–H and O–H groups in total. The Balaban J connectivity index is 1.34. The molecular formula is C19H27N5O. The van der Waals surface area contributed by atoms with Gasteiger partial charge in [-0.05, 0) is 49.8 Å². The van der Waals surface area contributed by atoms with Crippen molar-refractivity contribution < 1.29 is 4.79 Å². The van der Waals surface area contributed by atoms with Crippen molar-refractivity contribution in [3.63, 3.8) is 0 Å². The summed E-state index contributed by atoms with van der Waals surface area (Å²) in [7, 11) is 0. The Morgan fingerprint density at radius 2 is 2.12 bits per heavy atom. The van der Waals surface area contributed by atoms with E-state index in [4.69, 9.17) is 0 Å². The molecule has 6 nitrogen and oxygen atoms in total. The van der Waals surface area contributed by atoms with Crippen LogP contribution >= 0.6 is 0 Å². The van der Waals surface area contributed by atoms with Gasteiger partial charge in [0.25, 0.3) is 0 Å². The standard InChI is InChI=1S/C19H27N5O/c1-16-4-2-9-20-18(16)5-11-21-19(25)23-13-6-17(7-14-23)8-15-24-12-3-10-22-24/h2-4,9-10,12,17H,5-8,11,13-15H2,1H3,(H,21,25). The molecule has 2 aromatic rings. The molecule has 2 aromatic heterocycles. The third-order valence-corrected chi connectivity index (χ3v) is 4.98. The number of pyridine rings is 1. The summed E-state index contributed by atoms with van der Waals surface area (Å²) in [5.74, 6) is 0.685. The molecule has 0 unspecified atom stereocenters. The summed E-state index contributed by atoms with van der Waals surface area (Å²) in [6.07, 6.45) is 9.69. The highest BCUT2D eigenvalue weighted by atomic mass is 16.2. The van der Waals surface area contributed by atoms with Crippen molar-refractivity contribution in [2.24, 2.45) is 5.92 Å². The van der Waals surface area contributed by atoms with Crippen LogP contribution in [0.1, 0.15) is 30.5 Å². The number of likely N-dealkylation sites (tertiary alicyclic amines) is 1. The molecule has 0 radical (unpaired) electrons. The quantitative estimate of drug-likeness (QED) is 0.878. The first-order valence-electron chi connectivity index (χ1n) is 9.13. The van der Waals surface area contributed by atoms with Crippen LogP contribution in [0.5, 0.6) is 0 Å². The van der Waals surface area contributed by atoms with Crippen molar-refractivity contribution in [2.75, 3.05) is 19.6 Å². The van der Waals surface area contributed by atoms with Gasteiger partial charge >= 0.3 is 6.03 Å². The van der Waals surface area contributed by atoms with Crippen molar-refractivity contribution in [2.45, 2.75) is 39.2 Å². The molecule has 134 valence electrons. The maximum absolute atomic E-state index is 12.3. The van der Waals surface area contributed by atoms with Crippen LogP contribution in [0.15, 0.2) is 36.8 Å². The molecule has 0 saturated carbocycles. The molecule has 0 atom stereocenters. The molecule has 25 heavy (non-hydrogen) atoms. The predicted octanol–water partition coefficient (Wildman–Crippen LogP) is 2.64. The van der Waals surface area contributed by atoms with Gasteiger partial charge in [0, 0.05) is 56.9 Å². The third-order valence-electron chi connectivity index (χ3n) is 4.98. The number of carbonyl (C=O) groups excluding carboxylic acids is 1. The molecular weight excluding hydrogens is 314 g/mol. The van der Waals surface area contributed by atoms with Gasteiger partial charge in [-0.15, -0.1) is 0 Å². The van der Waals surface area contributed by atoms with E-state index in [0.717, 1.165) is 51.0 Å².